The minimum absolute atomic E-state index is 0.143. The number of hydrogen-bond donors (Lipinski definition) is 0. The fraction of sp³-hybridized carbons (Fsp3) is 0.0909. The Morgan fingerprint density at radius 2 is 1.56 bits per heavy atom. The van der Waals surface area contributed by atoms with E-state index in [9.17, 15) is 9.59 Å². The van der Waals surface area contributed by atoms with Crippen molar-refractivity contribution in [3.8, 4) is 0 Å². The van der Waals surface area contributed by atoms with Gasteiger partial charge in [-0.2, -0.15) is 0 Å². The maximum atomic E-state index is 12.3. The first-order valence-electron chi connectivity index (χ1n) is 8.03. The molecule has 1 unspecified atom stereocenters. The van der Waals surface area contributed by atoms with Crippen molar-refractivity contribution in [3.63, 3.8) is 0 Å². The number of allylic oxidation sites excluding steroid dienone is 1. The van der Waals surface area contributed by atoms with Gasteiger partial charge in [-0.25, -0.2) is 0 Å². The van der Waals surface area contributed by atoms with Gasteiger partial charge in [-0.1, -0.05) is 72.8 Å². The number of methoxy groups -OCH3 is 1. The van der Waals surface area contributed by atoms with Crippen LogP contribution in [0, 0.1) is 0 Å². The van der Waals surface area contributed by atoms with Crippen molar-refractivity contribution in [3.05, 3.63) is 96.1 Å². The summed E-state index contributed by atoms with van der Waals surface area (Å²) in [7, 11) is 1.35. The molecule has 1 atom stereocenters. The Hall–Kier alpha value is -3.20. The molecule has 0 aromatic heterocycles. The maximum Gasteiger partial charge on any atom is 0.317 e. The Bertz CT molecular complexity index is 926. The highest BCUT2D eigenvalue weighted by Gasteiger charge is 2.19. The number of hydrogen-bond acceptors (Lipinski definition) is 3. The number of ketones is 1. The monoisotopic (exact) mass is 330 g/mol. The zero-order valence-electron chi connectivity index (χ0n) is 13.9. The van der Waals surface area contributed by atoms with Gasteiger partial charge in [-0.05, 0) is 28.5 Å². The van der Waals surface area contributed by atoms with Crippen LogP contribution in [0.15, 0.2) is 84.9 Å². The number of ether oxygens (including phenoxy) is 1. The van der Waals surface area contributed by atoms with Crippen LogP contribution in [0.5, 0.6) is 0 Å². The zero-order chi connectivity index (χ0) is 17.6. The van der Waals surface area contributed by atoms with Crippen LogP contribution in [0.3, 0.4) is 0 Å². The first-order valence-corrected chi connectivity index (χ1v) is 8.03. The number of carbonyl (C=O) groups is 2. The SMILES string of the molecule is COC(=O)C(/C=C/C(=O)c1ccccc1)c1ccc2ccccc2c1. The minimum Gasteiger partial charge on any atom is -0.468 e. The lowest BCUT2D eigenvalue weighted by Gasteiger charge is -2.12. The molecule has 0 saturated carbocycles. The molecule has 3 aromatic carbocycles. The van der Waals surface area contributed by atoms with E-state index < -0.39 is 11.9 Å². The highest BCUT2D eigenvalue weighted by Crippen LogP contribution is 2.24. The first-order chi connectivity index (χ1) is 12.2. The lowest BCUT2D eigenvalue weighted by atomic mass is 9.95. The van der Waals surface area contributed by atoms with Crippen molar-refractivity contribution < 1.29 is 14.3 Å². The number of rotatable bonds is 5. The number of benzene rings is 3. The van der Waals surface area contributed by atoms with Crippen molar-refractivity contribution >= 4 is 22.5 Å². The predicted octanol–water partition coefficient (Wildman–Crippen LogP) is 4.54. The topological polar surface area (TPSA) is 43.4 Å². The third-order valence-electron chi connectivity index (χ3n) is 4.09. The first kappa shape index (κ1) is 16.7. The molecule has 0 heterocycles. The molecule has 0 aliphatic carbocycles. The predicted molar refractivity (Wildman–Crippen MR) is 98.6 cm³/mol. The molecule has 0 aliphatic heterocycles. The Morgan fingerprint density at radius 1 is 0.880 bits per heavy atom. The highest BCUT2D eigenvalue weighted by atomic mass is 16.5. The van der Waals surface area contributed by atoms with Crippen LogP contribution in [-0.4, -0.2) is 18.9 Å². The summed E-state index contributed by atoms with van der Waals surface area (Å²) in [6.07, 6.45) is 3.04. The fourth-order valence-corrected chi connectivity index (χ4v) is 2.74. The van der Waals surface area contributed by atoms with Crippen LogP contribution in [0.4, 0.5) is 0 Å². The zero-order valence-corrected chi connectivity index (χ0v) is 13.9. The van der Waals surface area contributed by atoms with E-state index in [4.69, 9.17) is 4.74 Å². The molecule has 0 amide bonds. The van der Waals surface area contributed by atoms with Gasteiger partial charge in [-0.15, -0.1) is 0 Å². The molecule has 0 aliphatic rings. The van der Waals surface area contributed by atoms with Crippen LogP contribution < -0.4 is 0 Å². The molecule has 0 spiro atoms. The summed E-state index contributed by atoms with van der Waals surface area (Å²) in [4.78, 5) is 24.5. The summed E-state index contributed by atoms with van der Waals surface area (Å²) in [5.41, 5.74) is 1.38. The summed E-state index contributed by atoms with van der Waals surface area (Å²) in [6.45, 7) is 0. The van der Waals surface area contributed by atoms with Gasteiger partial charge in [0.25, 0.3) is 0 Å². The summed E-state index contributed by atoms with van der Waals surface area (Å²) in [5.74, 6) is -1.16. The van der Waals surface area contributed by atoms with Crippen LogP contribution >= 0.6 is 0 Å². The second-order valence-electron chi connectivity index (χ2n) is 5.70. The molecule has 3 rings (SSSR count). The van der Waals surface area contributed by atoms with Crippen molar-refractivity contribution in [1.29, 1.82) is 0 Å². The lowest BCUT2D eigenvalue weighted by molar-refractivity contribution is -0.141. The average Bonchev–Trinajstić information content (AvgIpc) is 2.68. The molecule has 0 fully saturated rings. The van der Waals surface area contributed by atoms with Crippen LogP contribution in [-0.2, 0) is 9.53 Å². The number of fused-ring (bicyclic) bond motifs is 1. The molecule has 0 saturated heterocycles. The van der Waals surface area contributed by atoms with Gasteiger partial charge in [0.15, 0.2) is 5.78 Å². The van der Waals surface area contributed by atoms with Crippen LogP contribution in [0.25, 0.3) is 10.8 Å². The third kappa shape index (κ3) is 3.83. The molecule has 3 heteroatoms. The van der Waals surface area contributed by atoms with Gasteiger partial charge in [-0.3, -0.25) is 9.59 Å². The molecular formula is C22H18O3. The Morgan fingerprint density at radius 3 is 2.28 bits per heavy atom. The molecule has 3 nitrogen and oxygen atoms in total. The van der Waals surface area contributed by atoms with Crippen molar-refractivity contribution in [2.45, 2.75) is 5.92 Å². The van der Waals surface area contributed by atoms with E-state index in [2.05, 4.69) is 0 Å². The second-order valence-corrected chi connectivity index (χ2v) is 5.70. The Labute approximate surface area is 146 Å². The summed E-state index contributed by atoms with van der Waals surface area (Å²) < 4.78 is 4.92. The van der Waals surface area contributed by atoms with Crippen molar-refractivity contribution in [1.82, 2.24) is 0 Å². The number of carbonyl (C=O) groups excluding carboxylic acids is 2. The molecular weight excluding hydrogens is 312 g/mol. The maximum absolute atomic E-state index is 12.3. The third-order valence-corrected chi connectivity index (χ3v) is 4.09. The molecule has 25 heavy (non-hydrogen) atoms. The highest BCUT2D eigenvalue weighted by molar-refractivity contribution is 6.05. The van der Waals surface area contributed by atoms with E-state index in [1.807, 2.05) is 60.7 Å². The standard InChI is InChI=1S/C22H18O3/c1-25-22(24)20(13-14-21(23)17-8-3-2-4-9-17)19-12-11-16-7-5-6-10-18(16)15-19/h2-15,20H,1H3/b14-13+. The fourth-order valence-electron chi connectivity index (χ4n) is 2.74. The van der Waals surface area contributed by atoms with E-state index in [1.54, 1.807) is 18.2 Å². The normalized spacial score (nSPS) is 12.2. The summed E-state index contributed by atoms with van der Waals surface area (Å²) >= 11 is 0. The molecule has 3 aromatic rings. The van der Waals surface area contributed by atoms with Crippen LogP contribution in [0.2, 0.25) is 0 Å². The molecule has 124 valence electrons. The van der Waals surface area contributed by atoms with Gasteiger partial charge in [0.2, 0.25) is 0 Å². The van der Waals surface area contributed by atoms with E-state index in [1.165, 1.54) is 13.2 Å². The number of esters is 1. The van der Waals surface area contributed by atoms with E-state index >= 15 is 0 Å². The van der Waals surface area contributed by atoms with Gasteiger partial charge < -0.3 is 4.74 Å². The molecule has 0 radical (unpaired) electrons. The van der Waals surface area contributed by atoms with Gasteiger partial charge in [0.05, 0.1) is 7.11 Å². The summed E-state index contributed by atoms with van der Waals surface area (Å²) in [5, 5.41) is 2.14. The van der Waals surface area contributed by atoms with Crippen LogP contribution in [0.1, 0.15) is 21.8 Å². The van der Waals surface area contributed by atoms with Gasteiger partial charge in [0.1, 0.15) is 5.92 Å². The Kier molecular flexibility index (Phi) is 5.05. The van der Waals surface area contributed by atoms with Gasteiger partial charge >= 0.3 is 5.97 Å². The van der Waals surface area contributed by atoms with Crippen molar-refractivity contribution in [2.75, 3.05) is 7.11 Å². The minimum atomic E-state index is -0.623. The van der Waals surface area contributed by atoms with Crippen molar-refractivity contribution in [2.24, 2.45) is 0 Å². The average molecular weight is 330 g/mol. The lowest BCUT2D eigenvalue weighted by Crippen LogP contribution is -2.12. The molecule has 0 N–H and O–H groups in total. The van der Waals surface area contributed by atoms with E-state index in [-0.39, 0.29) is 5.78 Å². The van der Waals surface area contributed by atoms with E-state index in [0.717, 1.165) is 16.3 Å². The quantitative estimate of drug-likeness (QED) is 0.392. The molecule has 0 bridgehead atoms. The summed E-state index contributed by atoms with van der Waals surface area (Å²) in [6, 6.07) is 22.7. The van der Waals surface area contributed by atoms with Gasteiger partial charge in [0, 0.05) is 5.56 Å². The largest absolute Gasteiger partial charge is 0.468 e. The second kappa shape index (κ2) is 7.58. The Balaban J connectivity index is 1.92. The van der Waals surface area contributed by atoms with E-state index in [0.29, 0.717) is 5.56 Å². The smallest absolute Gasteiger partial charge is 0.317 e.